The van der Waals surface area contributed by atoms with Crippen LogP contribution in [0.5, 0.6) is 0 Å². The SMILES string of the molecule is O=C(Nc1cccc2c(=O)[nH]ccc12)c1cc(Cl)no1. The first kappa shape index (κ1) is 12.4. The lowest BCUT2D eigenvalue weighted by Gasteiger charge is -2.06. The van der Waals surface area contributed by atoms with E-state index in [1.807, 2.05) is 0 Å². The van der Waals surface area contributed by atoms with Crippen molar-refractivity contribution in [2.45, 2.75) is 0 Å². The fourth-order valence-corrected chi connectivity index (χ4v) is 2.01. The Morgan fingerprint density at radius 2 is 2.15 bits per heavy atom. The van der Waals surface area contributed by atoms with E-state index in [9.17, 15) is 9.59 Å². The number of amides is 1. The molecule has 0 unspecified atom stereocenters. The first-order valence-corrected chi connectivity index (χ1v) is 6.07. The number of pyridine rings is 1. The standard InChI is InChI=1S/C13H8ClN3O3/c14-11-6-10(20-17-11)13(19)16-9-3-1-2-8-7(9)4-5-15-12(8)18/h1-6H,(H,15,18)(H,16,19). The number of carbonyl (C=O) groups excluding carboxylic acids is 1. The number of nitrogens with zero attached hydrogens (tertiary/aromatic N) is 1. The molecule has 0 atom stereocenters. The average molecular weight is 290 g/mol. The van der Waals surface area contributed by atoms with Crippen molar-refractivity contribution >= 4 is 34.0 Å². The Bertz CT molecular complexity index is 853. The summed E-state index contributed by atoms with van der Waals surface area (Å²) in [4.78, 5) is 26.2. The molecule has 3 aromatic rings. The molecule has 0 aliphatic heterocycles. The van der Waals surface area contributed by atoms with Crippen LogP contribution in [0.1, 0.15) is 10.6 Å². The minimum atomic E-state index is -0.489. The molecule has 2 aromatic heterocycles. The summed E-state index contributed by atoms with van der Waals surface area (Å²) >= 11 is 5.59. The van der Waals surface area contributed by atoms with E-state index >= 15 is 0 Å². The third-order valence-electron chi connectivity index (χ3n) is 2.77. The van der Waals surface area contributed by atoms with Crippen molar-refractivity contribution in [3.8, 4) is 0 Å². The molecule has 100 valence electrons. The number of fused-ring (bicyclic) bond motifs is 1. The quantitative estimate of drug-likeness (QED) is 0.758. The number of halogens is 1. The van der Waals surface area contributed by atoms with Crippen molar-refractivity contribution in [3.63, 3.8) is 0 Å². The maximum atomic E-state index is 12.0. The van der Waals surface area contributed by atoms with Gasteiger partial charge in [0.1, 0.15) is 0 Å². The van der Waals surface area contributed by atoms with E-state index in [-0.39, 0.29) is 16.5 Å². The van der Waals surface area contributed by atoms with Gasteiger partial charge in [0.25, 0.3) is 11.5 Å². The van der Waals surface area contributed by atoms with E-state index < -0.39 is 5.91 Å². The lowest BCUT2D eigenvalue weighted by Crippen LogP contribution is -2.12. The summed E-state index contributed by atoms with van der Waals surface area (Å²) in [6.07, 6.45) is 1.52. The van der Waals surface area contributed by atoms with E-state index in [0.717, 1.165) is 0 Å². The average Bonchev–Trinajstić information content (AvgIpc) is 2.87. The van der Waals surface area contributed by atoms with Crippen LogP contribution < -0.4 is 10.9 Å². The van der Waals surface area contributed by atoms with Crippen LogP contribution in [-0.4, -0.2) is 16.0 Å². The number of anilines is 1. The van der Waals surface area contributed by atoms with Crippen molar-refractivity contribution < 1.29 is 9.32 Å². The van der Waals surface area contributed by atoms with Gasteiger partial charge in [-0.3, -0.25) is 9.59 Å². The molecular formula is C13H8ClN3O3. The molecule has 6 nitrogen and oxygen atoms in total. The van der Waals surface area contributed by atoms with Crippen molar-refractivity contribution in [2.75, 3.05) is 5.32 Å². The monoisotopic (exact) mass is 289 g/mol. The summed E-state index contributed by atoms with van der Waals surface area (Å²) in [7, 11) is 0. The summed E-state index contributed by atoms with van der Waals surface area (Å²) in [6, 6.07) is 8.07. The van der Waals surface area contributed by atoms with Gasteiger partial charge in [0.2, 0.25) is 5.76 Å². The minimum Gasteiger partial charge on any atom is -0.349 e. The Morgan fingerprint density at radius 1 is 1.30 bits per heavy atom. The highest BCUT2D eigenvalue weighted by Crippen LogP contribution is 2.21. The zero-order valence-electron chi connectivity index (χ0n) is 10.0. The molecule has 0 spiro atoms. The Morgan fingerprint density at radius 3 is 2.90 bits per heavy atom. The molecule has 0 aliphatic rings. The molecule has 2 N–H and O–H groups in total. The van der Waals surface area contributed by atoms with Gasteiger partial charge in [0, 0.05) is 28.7 Å². The molecule has 0 aliphatic carbocycles. The number of benzene rings is 1. The summed E-state index contributed by atoms with van der Waals surface area (Å²) < 4.78 is 4.77. The van der Waals surface area contributed by atoms with Gasteiger partial charge in [-0.1, -0.05) is 22.8 Å². The first-order chi connectivity index (χ1) is 9.65. The molecule has 7 heteroatoms. The fraction of sp³-hybridized carbons (Fsp3) is 0. The van der Waals surface area contributed by atoms with Gasteiger partial charge < -0.3 is 14.8 Å². The van der Waals surface area contributed by atoms with Crippen LogP contribution in [0.3, 0.4) is 0 Å². The van der Waals surface area contributed by atoms with Crippen molar-refractivity contribution in [2.24, 2.45) is 0 Å². The van der Waals surface area contributed by atoms with E-state index in [4.69, 9.17) is 16.1 Å². The Kier molecular flexibility index (Phi) is 3.00. The second-order valence-electron chi connectivity index (χ2n) is 4.04. The van der Waals surface area contributed by atoms with Crippen LogP contribution in [0.15, 0.2) is 45.8 Å². The van der Waals surface area contributed by atoms with Crippen LogP contribution in [-0.2, 0) is 0 Å². The smallest absolute Gasteiger partial charge is 0.294 e. The Labute approximate surface area is 117 Å². The molecule has 1 amide bonds. The summed E-state index contributed by atoms with van der Waals surface area (Å²) in [5.74, 6) is -0.492. The predicted octanol–water partition coefficient (Wildman–Crippen LogP) is 2.42. The number of aromatic nitrogens is 2. The second kappa shape index (κ2) is 4.82. The number of hydrogen-bond acceptors (Lipinski definition) is 4. The first-order valence-electron chi connectivity index (χ1n) is 5.69. The van der Waals surface area contributed by atoms with Gasteiger partial charge in [-0.15, -0.1) is 0 Å². The highest BCUT2D eigenvalue weighted by molar-refractivity contribution is 6.29. The number of carbonyl (C=O) groups is 1. The van der Waals surface area contributed by atoms with Crippen LogP contribution in [0.25, 0.3) is 10.8 Å². The third kappa shape index (κ3) is 2.17. The molecule has 1 aromatic carbocycles. The van der Waals surface area contributed by atoms with E-state index in [0.29, 0.717) is 16.5 Å². The molecule has 2 heterocycles. The zero-order chi connectivity index (χ0) is 14.1. The predicted molar refractivity (Wildman–Crippen MR) is 74.0 cm³/mol. The van der Waals surface area contributed by atoms with Gasteiger partial charge in [0.05, 0.1) is 0 Å². The largest absolute Gasteiger partial charge is 0.349 e. The fourth-order valence-electron chi connectivity index (χ4n) is 1.87. The van der Waals surface area contributed by atoms with Crippen LogP contribution in [0.4, 0.5) is 5.69 Å². The van der Waals surface area contributed by atoms with Gasteiger partial charge in [-0.2, -0.15) is 0 Å². The Balaban J connectivity index is 2.01. The van der Waals surface area contributed by atoms with Gasteiger partial charge in [-0.25, -0.2) is 0 Å². The molecular weight excluding hydrogens is 282 g/mol. The van der Waals surface area contributed by atoms with E-state index in [2.05, 4.69) is 15.5 Å². The summed E-state index contributed by atoms with van der Waals surface area (Å²) in [5.41, 5.74) is 0.285. The van der Waals surface area contributed by atoms with Crippen molar-refractivity contribution in [1.82, 2.24) is 10.1 Å². The van der Waals surface area contributed by atoms with Crippen molar-refractivity contribution in [1.29, 1.82) is 0 Å². The Hall–Kier alpha value is -2.60. The molecule has 0 bridgehead atoms. The highest BCUT2D eigenvalue weighted by atomic mass is 35.5. The van der Waals surface area contributed by atoms with E-state index in [1.165, 1.54) is 12.3 Å². The third-order valence-corrected chi connectivity index (χ3v) is 2.95. The molecule has 0 saturated heterocycles. The normalized spacial score (nSPS) is 10.7. The highest BCUT2D eigenvalue weighted by Gasteiger charge is 2.14. The number of rotatable bonds is 2. The summed E-state index contributed by atoms with van der Waals surface area (Å²) in [5, 5.41) is 7.31. The number of H-pyrrole nitrogens is 1. The molecule has 0 radical (unpaired) electrons. The topological polar surface area (TPSA) is 88.0 Å². The molecule has 20 heavy (non-hydrogen) atoms. The number of hydrogen-bond donors (Lipinski definition) is 2. The van der Waals surface area contributed by atoms with Gasteiger partial charge in [-0.05, 0) is 18.2 Å². The van der Waals surface area contributed by atoms with E-state index in [1.54, 1.807) is 24.3 Å². The molecule has 0 saturated carbocycles. The second-order valence-corrected chi connectivity index (χ2v) is 4.43. The van der Waals surface area contributed by atoms with Gasteiger partial charge >= 0.3 is 0 Å². The van der Waals surface area contributed by atoms with Gasteiger partial charge in [0.15, 0.2) is 5.15 Å². The maximum absolute atomic E-state index is 12.0. The van der Waals surface area contributed by atoms with Crippen LogP contribution in [0.2, 0.25) is 5.15 Å². The number of aromatic amines is 1. The van der Waals surface area contributed by atoms with Crippen molar-refractivity contribution in [3.05, 3.63) is 57.8 Å². The maximum Gasteiger partial charge on any atom is 0.294 e. The lowest BCUT2D eigenvalue weighted by atomic mass is 10.1. The summed E-state index contributed by atoms with van der Waals surface area (Å²) in [6.45, 7) is 0. The molecule has 0 fully saturated rings. The molecule has 3 rings (SSSR count). The zero-order valence-corrected chi connectivity index (χ0v) is 10.8. The minimum absolute atomic E-state index is 0.00292. The lowest BCUT2D eigenvalue weighted by molar-refractivity contribution is 0.0988. The van der Waals surface area contributed by atoms with Crippen LogP contribution >= 0.6 is 11.6 Å². The number of nitrogens with one attached hydrogen (secondary N) is 2. The van der Waals surface area contributed by atoms with Crippen LogP contribution in [0, 0.1) is 0 Å².